The molecule has 0 aliphatic carbocycles. The molecule has 1 saturated heterocycles. The number of ether oxygens (including phenoxy) is 1. The second-order valence-corrected chi connectivity index (χ2v) is 4.23. The minimum atomic E-state index is -0.000455. The van der Waals surface area contributed by atoms with Gasteiger partial charge < -0.3 is 15.8 Å². The Bertz CT molecular complexity index is 191. The van der Waals surface area contributed by atoms with Crippen molar-refractivity contribution >= 4 is 5.91 Å². The quantitative estimate of drug-likeness (QED) is 0.711. The van der Waals surface area contributed by atoms with Crippen LogP contribution in [0.3, 0.4) is 0 Å². The lowest BCUT2D eigenvalue weighted by atomic mass is 10.1. The average molecular weight is 214 g/mol. The Morgan fingerprint density at radius 3 is 3.07 bits per heavy atom. The van der Waals surface area contributed by atoms with Crippen molar-refractivity contribution in [3.05, 3.63) is 0 Å². The van der Waals surface area contributed by atoms with Gasteiger partial charge in [-0.15, -0.1) is 0 Å². The maximum absolute atomic E-state index is 11.5. The summed E-state index contributed by atoms with van der Waals surface area (Å²) in [6.45, 7) is 3.54. The molecule has 1 aliphatic heterocycles. The van der Waals surface area contributed by atoms with Crippen LogP contribution < -0.4 is 11.1 Å². The van der Waals surface area contributed by atoms with Gasteiger partial charge in [0.25, 0.3) is 0 Å². The van der Waals surface area contributed by atoms with Crippen LogP contribution in [0.25, 0.3) is 0 Å². The predicted octanol–water partition coefficient (Wildman–Crippen LogP) is 0.799. The Morgan fingerprint density at radius 2 is 2.47 bits per heavy atom. The van der Waals surface area contributed by atoms with Crippen LogP contribution in [0.1, 0.15) is 39.0 Å². The zero-order valence-electron chi connectivity index (χ0n) is 9.50. The Morgan fingerprint density at radius 1 is 1.67 bits per heavy atom. The summed E-state index contributed by atoms with van der Waals surface area (Å²) in [5.41, 5.74) is 5.80. The summed E-state index contributed by atoms with van der Waals surface area (Å²) in [6.07, 6.45) is 4.43. The Hall–Kier alpha value is -0.610. The summed E-state index contributed by atoms with van der Waals surface area (Å²) in [5, 5.41) is 2.96. The Labute approximate surface area is 91.5 Å². The molecule has 2 atom stereocenters. The molecule has 0 saturated carbocycles. The van der Waals surface area contributed by atoms with Gasteiger partial charge in [-0.1, -0.05) is 13.3 Å². The molecule has 4 heteroatoms. The number of rotatable bonds is 5. The minimum absolute atomic E-state index is 0.000455. The molecule has 0 spiro atoms. The summed E-state index contributed by atoms with van der Waals surface area (Å²) in [4.78, 5) is 11.5. The molecule has 1 rings (SSSR count). The molecule has 15 heavy (non-hydrogen) atoms. The maximum Gasteiger partial charge on any atom is 0.221 e. The molecule has 1 amide bonds. The molecule has 0 aromatic heterocycles. The summed E-state index contributed by atoms with van der Waals surface area (Å²) in [5.74, 6) is 0.0615. The molecule has 0 bridgehead atoms. The SMILES string of the molecule is CCCC(N)CC(=O)NC1CCCOC1. The van der Waals surface area contributed by atoms with Crippen LogP contribution in [-0.4, -0.2) is 31.2 Å². The van der Waals surface area contributed by atoms with E-state index in [-0.39, 0.29) is 18.0 Å². The molecule has 0 radical (unpaired) electrons. The highest BCUT2D eigenvalue weighted by molar-refractivity contribution is 5.76. The van der Waals surface area contributed by atoms with E-state index in [9.17, 15) is 4.79 Å². The number of amides is 1. The van der Waals surface area contributed by atoms with Gasteiger partial charge in [-0.05, 0) is 19.3 Å². The molecule has 1 aliphatic rings. The molecular formula is C11H22N2O2. The number of hydrogen-bond acceptors (Lipinski definition) is 3. The number of nitrogens with two attached hydrogens (primary N) is 1. The lowest BCUT2D eigenvalue weighted by Gasteiger charge is -2.23. The van der Waals surface area contributed by atoms with E-state index in [0.29, 0.717) is 13.0 Å². The van der Waals surface area contributed by atoms with Gasteiger partial charge >= 0.3 is 0 Å². The smallest absolute Gasteiger partial charge is 0.221 e. The number of carbonyl (C=O) groups is 1. The molecule has 1 heterocycles. The fourth-order valence-electron chi connectivity index (χ4n) is 1.85. The molecular weight excluding hydrogens is 192 g/mol. The topological polar surface area (TPSA) is 64.4 Å². The van der Waals surface area contributed by atoms with E-state index in [1.165, 1.54) is 0 Å². The normalized spacial score (nSPS) is 23.5. The molecule has 2 unspecified atom stereocenters. The van der Waals surface area contributed by atoms with Crippen LogP contribution in [0.5, 0.6) is 0 Å². The van der Waals surface area contributed by atoms with Gasteiger partial charge in [-0.25, -0.2) is 0 Å². The van der Waals surface area contributed by atoms with Gasteiger partial charge in [0, 0.05) is 19.1 Å². The average Bonchev–Trinajstić information content (AvgIpc) is 2.19. The predicted molar refractivity (Wildman–Crippen MR) is 59.5 cm³/mol. The van der Waals surface area contributed by atoms with Gasteiger partial charge in [0.2, 0.25) is 5.91 Å². The molecule has 88 valence electrons. The molecule has 4 nitrogen and oxygen atoms in total. The summed E-state index contributed by atoms with van der Waals surface area (Å²) < 4.78 is 5.29. The second kappa shape index (κ2) is 6.80. The van der Waals surface area contributed by atoms with Crippen molar-refractivity contribution in [3.8, 4) is 0 Å². The van der Waals surface area contributed by atoms with Gasteiger partial charge in [0.1, 0.15) is 0 Å². The van der Waals surface area contributed by atoms with Crippen LogP contribution in [0.2, 0.25) is 0 Å². The number of carbonyl (C=O) groups excluding carboxylic acids is 1. The lowest BCUT2D eigenvalue weighted by Crippen LogP contribution is -2.42. The molecule has 0 aromatic rings. The number of hydrogen-bond donors (Lipinski definition) is 2. The van der Waals surface area contributed by atoms with E-state index in [1.54, 1.807) is 0 Å². The van der Waals surface area contributed by atoms with E-state index in [0.717, 1.165) is 32.3 Å². The van der Waals surface area contributed by atoms with Crippen molar-refractivity contribution in [1.82, 2.24) is 5.32 Å². The van der Waals surface area contributed by atoms with E-state index in [1.807, 2.05) is 0 Å². The van der Waals surface area contributed by atoms with Crippen LogP contribution in [0.15, 0.2) is 0 Å². The van der Waals surface area contributed by atoms with E-state index >= 15 is 0 Å². The first kappa shape index (κ1) is 12.5. The van der Waals surface area contributed by atoms with Crippen molar-refractivity contribution in [2.24, 2.45) is 5.73 Å². The summed E-state index contributed by atoms with van der Waals surface area (Å²) >= 11 is 0. The fraction of sp³-hybridized carbons (Fsp3) is 0.909. The van der Waals surface area contributed by atoms with Crippen LogP contribution in [0, 0.1) is 0 Å². The van der Waals surface area contributed by atoms with Crippen molar-refractivity contribution in [3.63, 3.8) is 0 Å². The highest BCUT2D eigenvalue weighted by Gasteiger charge is 2.17. The number of nitrogens with one attached hydrogen (secondary N) is 1. The van der Waals surface area contributed by atoms with E-state index in [4.69, 9.17) is 10.5 Å². The van der Waals surface area contributed by atoms with E-state index in [2.05, 4.69) is 12.2 Å². The standard InChI is InChI=1S/C11H22N2O2/c1-2-4-9(12)7-11(14)13-10-5-3-6-15-8-10/h9-10H,2-8,12H2,1H3,(H,13,14). The third kappa shape index (κ3) is 5.14. The van der Waals surface area contributed by atoms with Crippen molar-refractivity contribution in [1.29, 1.82) is 0 Å². The van der Waals surface area contributed by atoms with Crippen molar-refractivity contribution < 1.29 is 9.53 Å². The zero-order valence-corrected chi connectivity index (χ0v) is 9.50. The first-order chi connectivity index (χ1) is 7.22. The highest BCUT2D eigenvalue weighted by atomic mass is 16.5. The molecule has 1 fully saturated rings. The Balaban J connectivity index is 2.16. The fourth-order valence-corrected chi connectivity index (χ4v) is 1.85. The highest BCUT2D eigenvalue weighted by Crippen LogP contribution is 2.06. The monoisotopic (exact) mass is 214 g/mol. The molecule has 0 aromatic carbocycles. The molecule has 3 N–H and O–H groups in total. The van der Waals surface area contributed by atoms with Gasteiger partial charge in [-0.3, -0.25) is 4.79 Å². The third-order valence-corrected chi connectivity index (χ3v) is 2.63. The third-order valence-electron chi connectivity index (χ3n) is 2.63. The Kier molecular flexibility index (Phi) is 5.65. The largest absolute Gasteiger partial charge is 0.379 e. The van der Waals surface area contributed by atoms with Crippen LogP contribution in [-0.2, 0) is 9.53 Å². The van der Waals surface area contributed by atoms with Crippen molar-refractivity contribution in [2.45, 2.75) is 51.1 Å². The first-order valence-electron chi connectivity index (χ1n) is 5.85. The van der Waals surface area contributed by atoms with Gasteiger partial charge in [0.15, 0.2) is 0 Å². The summed E-state index contributed by atoms with van der Waals surface area (Å²) in [6, 6.07) is 0.194. The maximum atomic E-state index is 11.5. The van der Waals surface area contributed by atoms with E-state index < -0.39 is 0 Å². The van der Waals surface area contributed by atoms with Crippen molar-refractivity contribution in [2.75, 3.05) is 13.2 Å². The van der Waals surface area contributed by atoms with Crippen LogP contribution >= 0.6 is 0 Å². The van der Waals surface area contributed by atoms with Gasteiger partial charge in [0.05, 0.1) is 12.6 Å². The zero-order chi connectivity index (χ0) is 11.1. The second-order valence-electron chi connectivity index (χ2n) is 4.23. The summed E-state index contributed by atoms with van der Waals surface area (Å²) in [7, 11) is 0. The first-order valence-corrected chi connectivity index (χ1v) is 5.85. The lowest BCUT2D eigenvalue weighted by molar-refractivity contribution is -0.123. The van der Waals surface area contributed by atoms with Gasteiger partial charge in [-0.2, -0.15) is 0 Å². The minimum Gasteiger partial charge on any atom is -0.379 e. The van der Waals surface area contributed by atoms with Crippen LogP contribution in [0.4, 0.5) is 0 Å².